The molecule has 12 nitrogen and oxygen atoms in total. The summed E-state index contributed by atoms with van der Waals surface area (Å²) in [6.07, 6.45) is 4.81. The molecule has 2 saturated heterocycles. The van der Waals surface area contributed by atoms with Crippen molar-refractivity contribution in [2.45, 2.75) is 138 Å². The van der Waals surface area contributed by atoms with Crippen LogP contribution in [0.5, 0.6) is 0 Å². The maximum Gasteiger partial charge on any atom is 0.315 e. The Bertz CT molecular complexity index is 1210. The number of carbonyl (C=O) groups is 7. The quantitative estimate of drug-likeness (QED) is 0.214. The molecule has 3 fully saturated rings. The number of Topliss-reactive ketones (excluding diaryl/α,β-unsaturated/α-hetero) is 2. The first kappa shape index (κ1) is 38.1. The smallest absolute Gasteiger partial charge is 0.315 e. The van der Waals surface area contributed by atoms with E-state index in [2.05, 4.69) is 16.0 Å². The summed E-state index contributed by atoms with van der Waals surface area (Å²) in [5.41, 5.74) is -1.27. The Morgan fingerprint density at radius 1 is 0.851 bits per heavy atom. The Balaban J connectivity index is 1.82. The van der Waals surface area contributed by atoms with Gasteiger partial charge in [-0.25, -0.2) is 4.79 Å². The minimum atomic E-state index is -1.02. The second-order valence-corrected chi connectivity index (χ2v) is 16.3. The van der Waals surface area contributed by atoms with E-state index in [1.54, 1.807) is 0 Å². The molecule has 2 aliphatic heterocycles. The summed E-state index contributed by atoms with van der Waals surface area (Å²) in [5, 5.41) is 8.60. The van der Waals surface area contributed by atoms with E-state index in [9.17, 15) is 33.6 Å². The van der Waals surface area contributed by atoms with Crippen molar-refractivity contribution in [2.75, 3.05) is 13.1 Å². The molecule has 0 bridgehead atoms. The first-order valence-electron chi connectivity index (χ1n) is 17.3. The van der Waals surface area contributed by atoms with E-state index in [-0.39, 0.29) is 49.0 Å². The lowest BCUT2D eigenvalue weighted by atomic mass is 9.80. The van der Waals surface area contributed by atoms with Gasteiger partial charge in [0, 0.05) is 32.9 Å². The number of imide groups is 1. The average Bonchev–Trinajstić information content (AvgIpc) is 3.38. The van der Waals surface area contributed by atoms with E-state index in [1.807, 2.05) is 55.4 Å². The zero-order valence-electron chi connectivity index (χ0n) is 29.9. The van der Waals surface area contributed by atoms with E-state index in [1.165, 1.54) is 16.7 Å². The van der Waals surface area contributed by atoms with Crippen LogP contribution in [-0.2, 0) is 28.8 Å². The predicted octanol–water partition coefficient (Wildman–Crippen LogP) is 3.36. The first-order valence-corrected chi connectivity index (χ1v) is 17.3. The van der Waals surface area contributed by atoms with Gasteiger partial charge in [0.15, 0.2) is 5.78 Å². The van der Waals surface area contributed by atoms with Gasteiger partial charge in [0.25, 0.3) is 0 Å². The number of rotatable bonds is 12. The van der Waals surface area contributed by atoms with Crippen molar-refractivity contribution in [3.8, 4) is 0 Å². The minimum absolute atomic E-state index is 0.0163. The molecule has 3 aliphatic rings. The summed E-state index contributed by atoms with van der Waals surface area (Å²) < 4.78 is 0. The van der Waals surface area contributed by atoms with E-state index >= 15 is 0 Å². The van der Waals surface area contributed by atoms with Gasteiger partial charge in [-0.3, -0.25) is 33.7 Å². The molecule has 1 unspecified atom stereocenters. The highest BCUT2D eigenvalue weighted by Crippen LogP contribution is 2.34. The SMILES string of the molecule is CC(=O)C(=O)C(CC1CCC1)NC(=O)[C@@H]1C[C@@H](C(C)C)CN1C(=O)[C@@H](NC(=O)N[C@H](CN1C(=O)CCCC1=O)C(C)(C)C)C(C)(C)C. The molecule has 47 heavy (non-hydrogen) atoms. The summed E-state index contributed by atoms with van der Waals surface area (Å²) in [5.74, 6) is -2.21. The Hall–Kier alpha value is -3.31. The molecule has 0 radical (unpaired) electrons. The molecule has 0 aromatic heterocycles. The molecule has 0 spiro atoms. The van der Waals surface area contributed by atoms with Crippen LogP contribution in [0.3, 0.4) is 0 Å². The zero-order chi connectivity index (χ0) is 35.4. The summed E-state index contributed by atoms with van der Waals surface area (Å²) >= 11 is 0. The van der Waals surface area contributed by atoms with E-state index in [0.717, 1.165) is 19.3 Å². The molecular weight excluding hydrogens is 602 g/mol. The van der Waals surface area contributed by atoms with Crippen LogP contribution in [0.4, 0.5) is 4.79 Å². The number of urea groups is 1. The molecule has 0 aromatic rings. The third kappa shape index (κ3) is 9.85. The highest BCUT2D eigenvalue weighted by molar-refractivity contribution is 6.38. The largest absolute Gasteiger partial charge is 0.344 e. The van der Waals surface area contributed by atoms with Gasteiger partial charge < -0.3 is 20.9 Å². The maximum absolute atomic E-state index is 14.3. The van der Waals surface area contributed by atoms with Gasteiger partial charge in [0.1, 0.15) is 12.1 Å². The second kappa shape index (κ2) is 15.3. The average molecular weight is 660 g/mol. The summed E-state index contributed by atoms with van der Waals surface area (Å²) in [6, 6.07) is -4.04. The number of likely N-dealkylation sites (tertiary alicyclic amines) is 2. The van der Waals surface area contributed by atoms with Gasteiger partial charge >= 0.3 is 6.03 Å². The minimum Gasteiger partial charge on any atom is -0.344 e. The number of carbonyl (C=O) groups excluding carboxylic acids is 7. The number of hydrogen-bond donors (Lipinski definition) is 3. The zero-order valence-corrected chi connectivity index (χ0v) is 29.9. The summed E-state index contributed by atoms with van der Waals surface area (Å²) in [4.78, 5) is 94.3. The number of nitrogens with one attached hydrogen (secondary N) is 3. The van der Waals surface area contributed by atoms with Gasteiger partial charge in [0.2, 0.25) is 29.4 Å². The van der Waals surface area contributed by atoms with Crippen LogP contribution in [0.1, 0.15) is 114 Å². The molecule has 1 aliphatic carbocycles. The highest BCUT2D eigenvalue weighted by atomic mass is 16.2. The third-order valence-corrected chi connectivity index (χ3v) is 10.1. The van der Waals surface area contributed by atoms with Gasteiger partial charge in [0.05, 0.1) is 12.1 Å². The fraction of sp³-hybridized carbons (Fsp3) is 0.800. The normalized spacial score (nSPS) is 22.8. The number of amides is 6. The molecule has 5 atom stereocenters. The second-order valence-electron chi connectivity index (χ2n) is 16.3. The molecule has 264 valence electrons. The number of piperidine rings is 1. The van der Waals surface area contributed by atoms with E-state index in [4.69, 9.17) is 0 Å². The van der Waals surface area contributed by atoms with Crippen LogP contribution in [0.2, 0.25) is 0 Å². The van der Waals surface area contributed by atoms with Crippen molar-refractivity contribution in [3.63, 3.8) is 0 Å². The fourth-order valence-electron chi connectivity index (χ4n) is 6.52. The van der Waals surface area contributed by atoms with Crippen LogP contribution in [-0.4, -0.2) is 88.3 Å². The van der Waals surface area contributed by atoms with Crippen molar-refractivity contribution in [1.82, 2.24) is 25.8 Å². The van der Waals surface area contributed by atoms with E-state index in [0.29, 0.717) is 25.8 Å². The van der Waals surface area contributed by atoms with E-state index < -0.39 is 64.4 Å². The van der Waals surface area contributed by atoms with Crippen LogP contribution in [0, 0.1) is 28.6 Å². The van der Waals surface area contributed by atoms with Crippen LogP contribution in [0.25, 0.3) is 0 Å². The predicted molar refractivity (Wildman–Crippen MR) is 177 cm³/mol. The molecule has 0 aromatic carbocycles. The Morgan fingerprint density at radius 3 is 1.91 bits per heavy atom. The fourth-order valence-corrected chi connectivity index (χ4v) is 6.52. The van der Waals surface area contributed by atoms with Gasteiger partial charge in [-0.1, -0.05) is 74.7 Å². The standard InChI is InChI=1S/C35H57N5O7/c1-20(2)23-17-25(31(45)36-24(29(44)21(3)41)16-22-12-10-13-22)39(18-23)32(46)30(35(7,8)9)38-33(47)37-26(34(4,5)6)19-40-27(42)14-11-15-28(40)43/h20,22-26,30H,10-19H2,1-9H3,(H,36,45)(H2,37,38,47)/t23-,24?,25+,26-,30-/m1/s1. The first-order chi connectivity index (χ1) is 21.7. The molecule has 6 amide bonds. The number of ketones is 2. The number of hydrogen-bond acceptors (Lipinski definition) is 7. The van der Waals surface area contributed by atoms with Crippen molar-refractivity contribution in [3.05, 3.63) is 0 Å². The van der Waals surface area contributed by atoms with Gasteiger partial charge in [-0.05, 0) is 47.8 Å². The lowest BCUT2D eigenvalue weighted by Gasteiger charge is -2.38. The lowest BCUT2D eigenvalue weighted by Crippen LogP contribution is -2.62. The Kier molecular flexibility index (Phi) is 12.4. The maximum atomic E-state index is 14.3. The topological polar surface area (TPSA) is 162 Å². The third-order valence-electron chi connectivity index (χ3n) is 10.1. The molecule has 3 N–H and O–H groups in total. The summed E-state index contributed by atoms with van der Waals surface area (Å²) in [6.45, 7) is 16.8. The molecule has 1 saturated carbocycles. The van der Waals surface area contributed by atoms with Crippen molar-refractivity contribution in [2.24, 2.45) is 28.6 Å². The van der Waals surface area contributed by atoms with Crippen LogP contribution in [0.15, 0.2) is 0 Å². The lowest BCUT2D eigenvalue weighted by molar-refractivity contribution is -0.148. The van der Waals surface area contributed by atoms with Crippen LogP contribution < -0.4 is 16.0 Å². The molecule has 3 rings (SSSR count). The van der Waals surface area contributed by atoms with Crippen LogP contribution >= 0.6 is 0 Å². The molecular formula is C35H57N5O7. The van der Waals surface area contributed by atoms with Crippen molar-refractivity contribution < 1.29 is 33.6 Å². The van der Waals surface area contributed by atoms with Crippen molar-refractivity contribution in [1.29, 1.82) is 0 Å². The highest BCUT2D eigenvalue weighted by Gasteiger charge is 2.46. The van der Waals surface area contributed by atoms with Crippen molar-refractivity contribution >= 4 is 41.2 Å². The molecule has 2 heterocycles. The van der Waals surface area contributed by atoms with Gasteiger partial charge in [-0.2, -0.15) is 0 Å². The monoisotopic (exact) mass is 659 g/mol. The Labute approximate surface area is 279 Å². The number of nitrogens with zero attached hydrogens (tertiary/aromatic N) is 2. The molecule has 12 heteroatoms. The Morgan fingerprint density at radius 2 is 1.45 bits per heavy atom. The summed E-state index contributed by atoms with van der Waals surface area (Å²) in [7, 11) is 0. The van der Waals surface area contributed by atoms with Gasteiger partial charge in [-0.15, -0.1) is 0 Å².